The fourth-order valence-electron chi connectivity index (χ4n) is 2.33. The highest BCUT2D eigenvalue weighted by Gasteiger charge is 2.17. The molecule has 0 unspecified atom stereocenters. The quantitative estimate of drug-likeness (QED) is 0.476. The van der Waals surface area contributed by atoms with Crippen molar-refractivity contribution in [1.29, 1.82) is 0 Å². The fraction of sp³-hybridized carbons (Fsp3) is 0. The predicted octanol–water partition coefficient (Wildman–Crippen LogP) is 2.44. The molecule has 4 rings (SSSR count). The first-order chi connectivity index (χ1) is 7.79. The maximum Gasteiger partial charge on any atom is 0.205 e. The molecule has 2 heterocycles. The molecule has 0 saturated heterocycles. The first-order valence-corrected chi connectivity index (χ1v) is 6.54. The molecule has 0 saturated carbocycles. The van der Waals surface area contributed by atoms with E-state index in [1.165, 1.54) is 22.7 Å². The summed E-state index contributed by atoms with van der Waals surface area (Å²) in [4.78, 5) is 24.3. The number of fused-ring (bicyclic) bond motifs is 4. The number of rotatable bonds is 0. The van der Waals surface area contributed by atoms with Gasteiger partial charge in [-0.3, -0.25) is 9.59 Å². The average Bonchev–Trinajstić information content (AvgIpc) is 2.93. The third kappa shape index (κ3) is 0.761. The van der Waals surface area contributed by atoms with Gasteiger partial charge in [0, 0.05) is 21.2 Å². The SMILES string of the molecule is O=c1c2c3ccsc3c(=O)c=2c2ccsc12. The summed E-state index contributed by atoms with van der Waals surface area (Å²) < 4.78 is 1.44. The Morgan fingerprint density at radius 2 is 1.19 bits per heavy atom. The predicted molar refractivity (Wildman–Crippen MR) is 67.4 cm³/mol. The standard InChI is InChI=1S/C12H4O2S2/c13-9-7-5-1-3-15-11(5)10(14)8(7)6-2-4-16-12(6)9/h1-4H. The Labute approximate surface area is 96.7 Å². The molecule has 0 aromatic carbocycles. The Balaban J connectivity index is 2.66. The van der Waals surface area contributed by atoms with Gasteiger partial charge in [0.15, 0.2) is 0 Å². The molecule has 16 heavy (non-hydrogen) atoms. The molecule has 2 aliphatic carbocycles. The van der Waals surface area contributed by atoms with Crippen LogP contribution < -0.4 is 10.9 Å². The molecule has 0 radical (unpaired) electrons. The summed E-state index contributed by atoms with van der Waals surface area (Å²) in [6.45, 7) is 0. The number of thiophene rings is 2. The van der Waals surface area contributed by atoms with Gasteiger partial charge >= 0.3 is 0 Å². The number of hydrogen-bond acceptors (Lipinski definition) is 4. The van der Waals surface area contributed by atoms with Gasteiger partial charge in [-0.1, -0.05) is 0 Å². The van der Waals surface area contributed by atoms with Crippen LogP contribution in [0.3, 0.4) is 0 Å². The lowest BCUT2D eigenvalue weighted by Gasteiger charge is -1.75. The normalized spacial score (nSPS) is 12.2. The van der Waals surface area contributed by atoms with Gasteiger partial charge in [-0.15, -0.1) is 22.7 Å². The van der Waals surface area contributed by atoms with Crippen molar-refractivity contribution >= 4 is 42.8 Å². The van der Waals surface area contributed by atoms with Gasteiger partial charge in [0.2, 0.25) is 10.9 Å². The Bertz CT molecular complexity index is 898. The highest BCUT2D eigenvalue weighted by Crippen LogP contribution is 2.26. The van der Waals surface area contributed by atoms with Crippen LogP contribution in [0.5, 0.6) is 0 Å². The van der Waals surface area contributed by atoms with Crippen molar-refractivity contribution in [3.05, 3.63) is 53.8 Å². The van der Waals surface area contributed by atoms with Crippen molar-refractivity contribution in [2.75, 3.05) is 0 Å². The van der Waals surface area contributed by atoms with Crippen LogP contribution in [-0.2, 0) is 0 Å². The largest absolute Gasteiger partial charge is 0.288 e. The molecule has 0 N–H and O–H groups in total. The highest BCUT2D eigenvalue weighted by molar-refractivity contribution is 7.17. The van der Waals surface area contributed by atoms with Crippen molar-refractivity contribution in [2.45, 2.75) is 0 Å². The lowest BCUT2D eigenvalue weighted by Crippen LogP contribution is -1.94. The zero-order chi connectivity index (χ0) is 10.9. The molecule has 4 heteroatoms. The molecule has 0 spiro atoms. The summed E-state index contributed by atoms with van der Waals surface area (Å²) in [5.41, 5.74) is 0.0380. The molecule has 0 aliphatic heterocycles. The summed E-state index contributed by atoms with van der Waals surface area (Å²) >= 11 is 2.83. The van der Waals surface area contributed by atoms with Crippen LogP contribution in [0.15, 0.2) is 32.5 Å². The van der Waals surface area contributed by atoms with Crippen LogP contribution in [-0.4, -0.2) is 0 Å². The Morgan fingerprint density at radius 3 is 1.62 bits per heavy atom. The summed E-state index contributed by atoms with van der Waals surface area (Å²) in [7, 11) is 0. The Morgan fingerprint density at radius 1 is 0.750 bits per heavy atom. The molecule has 2 aromatic rings. The van der Waals surface area contributed by atoms with Crippen LogP contribution in [0.25, 0.3) is 20.2 Å². The third-order valence-corrected chi connectivity index (χ3v) is 4.81. The highest BCUT2D eigenvalue weighted by atomic mass is 32.1. The van der Waals surface area contributed by atoms with Crippen LogP contribution in [0.4, 0.5) is 0 Å². The van der Waals surface area contributed by atoms with Crippen molar-refractivity contribution < 1.29 is 0 Å². The lowest BCUT2D eigenvalue weighted by molar-refractivity contribution is 1.63. The Kier molecular flexibility index (Phi) is 1.39. The van der Waals surface area contributed by atoms with E-state index in [0.717, 1.165) is 20.2 Å². The molecule has 2 nitrogen and oxygen atoms in total. The van der Waals surface area contributed by atoms with Crippen molar-refractivity contribution in [2.24, 2.45) is 0 Å². The van der Waals surface area contributed by atoms with Gasteiger partial charge in [0.05, 0.1) is 9.40 Å². The van der Waals surface area contributed by atoms with Gasteiger partial charge in [-0.05, 0) is 22.9 Å². The second-order valence-electron chi connectivity index (χ2n) is 3.74. The van der Waals surface area contributed by atoms with Crippen LogP contribution >= 0.6 is 22.7 Å². The van der Waals surface area contributed by atoms with Gasteiger partial charge in [-0.25, -0.2) is 0 Å². The van der Waals surface area contributed by atoms with E-state index in [4.69, 9.17) is 0 Å². The summed E-state index contributed by atoms with van der Waals surface area (Å²) in [5, 5.41) is 6.65. The van der Waals surface area contributed by atoms with E-state index in [9.17, 15) is 9.59 Å². The summed E-state index contributed by atoms with van der Waals surface area (Å²) in [5.74, 6) is 0. The first kappa shape index (κ1) is 8.61. The van der Waals surface area contributed by atoms with Gasteiger partial charge in [0.25, 0.3) is 0 Å². The topological polar surface area (TPSA) is 34.1 Å². The van der Waals surface area contributed by atoms with Crippen LogP contribution in [0, 0.1) is 10.4 Å². The van der Waals surface area contributed by atoms with Crippen LogP contribution in [0.2, 0.25) is 0 Å². The minimum atomic E-state index is 0.0190. The van der Waals surface area contributed by atoms with Gasteiger partial charge < -0.3 is 0 Å². The van der Waals surface area contributed by atoms with E-state index in [1.54, 1.807) is 0 Å². The molecular formula is C12H4O2S2. The maximum absolute atomic E-state index is 12.2. The van der Waals surface area contributed by atoms with E-state index in [2.05, 4.69) is 0 Å². The zero-order valence-electron chi connectivity index (χ0n) is 7.94. The molecule has 76 valence electrons. The minimum absolute atomic E-state index is 0.0190. The van der Waals surface area contributed by atoms with E-state index in [-0.39, 0.29) is 10.9 Å². The van der Waals surface area contributed by atoms with Gasteiger partial charge in [-0.2, -0.15) is 0 Å². The molecule has 0 atom stereocenters. The van der Waals surface area contributed by atoms with Crippen LogP contribution in [0.1, 0.15) is 0 Å². The molecule has 0 bridgehead atoms. The smallest absolute Gasteiger partial charge is 0.205 e. The summed E-state index contributed by atoms with van der Waals surface area (Å²) in [6.07, 6.45) is 0. The Hall–Kier alpha value is -1.52. The average molecular weight is 244 g/mol. The second-order valence-corrected chi connectivity index (χ2v) is 5.57. The molecule has 0 amide bonds. The van der Waals surface area contributed by atoms with Crippen molar-refractivity contribution in [1.82, 2.24) is 0 Å². The molecule has 2 aliphatic rings. The van der Waals surface area contributed by atoms with E-state index in [1.807, 2.05) is 22.9 Å². The molecule has 2 aromatic heterocycles. The maximum atomic E-state index is 12.2. The first-order valence-electron chi connectivity index (χ1n) is 4.78. The van der Waals surface area contributed by atoms with E-state index < -0.39 is 0 Å². The summed E-state index contributed by atoms with van der Waals surface area (Å²) in [6, 6.07) is 3.74. The monoisotopic (exact) mass is 244 g/mol. The fourth-order valence-corrected chi connectivity index (χ4v) is 4.02. The van der Waals surface area contributed by atoms with E-state index >= 15 is 0 Å². The third-order valence-electron chi connectivity index (χ3n) is 2.99. The molecule has 0 fully saturated rings. The van der Waals surface area contributed by atoms with Crippen molar-refractivity contribution in [3.8, 4) is 0 Å². The zero-order valence-corrected chi connectivity index (χ0v) is 9.58. The second kappa shape index (κ2) is 2.59. The van der Waals surface area contributed by atoms with Crippen molar-refractivity contribution in [3.63, 3.8) is 0 Å². The lowest BCUT2D eigenvalue weighted by atomic mass is 10.3. The molecular weight excluding hydrogens is 240 g/mol. The number of hydrogen-bond donors (Lipinski definition) is 0. The van der Waals surface area contributed by atoms with E-state index in [0.29, 0.717) is 10.4 Å². The minimum Gasteiger partial charge on any atom is -0.288 e. The van der Waals surface area contributed by atoms with Gasteiger partial charge in [0.1, 0.15) is 0 Å².